The van der Waals surface area contributed by atoms with E-state index in [1.165, 1.54) is 6.20 Å². The third-order valence-electron chi connectivity index (χ3n) is 3.31. The molecule has 0 bridgehead atoms. The van der Waals surface area contributed by atoms with Crippen molar-refractivity contribution in [1.82, 2.24) is 14.6 Å². The van der Waals surface area contributed by atoms with Gasteiger partial charge in [0.15, 0.2) is 0 Å². The number of hydrogen-bond acceptors (Lipinski definition) is 3. The summed E-state index contributed by atoms with van der Waals surface area (Å²) in [4.78, 5) is 0.0456. The third kappa shape index (κ3) is 4.76. The largest absolute Gasteiger partial charge is 0.349 e. The van der Waals surface area contributed by atoms with Crippen LogP contribution in [0.25, 0.3) is 0 Å². The van der Waals surface area contributed by atoms with Crippen molar-refractivity contribution in [3.8, 4) is 0 Å². The Morgan fingerprint density at radius 1 is 1.43 bits per heavy atom. The fourth-order valence-corrected chi connectivity index (χ4v) is 3.13. The van der Waals surface area contributed by atoms with Gasteiger partial charge in [0.1, 0.15) is 0 Å². The van der Waals surface area contributed by atoms with Crippen LogP contribution in [0.2, 0.25) is 0 Å². The monoisotopic (exact) mass is 321 g/mol. The summed E-state index contributed by atoms with van der Waals surface area (Å²) in [5.74, 6) is 0. The molecule has 0 radical (unpaired) electrons. The predicted octanol–water partition coefficient (Wildman–Crippen LogP) is 1.69. The van der Waals surface area contributed by atoms with E-state index in [9.17, 15) is 17.2 Å². The first kappa shape index (κ1) is 16.4. The van der Waals surface area contributed by atoms with E-state index in [1.54, 1.807) is 6.07 Å². The maximum absolute atomic E-state index is 12.2. The Morgan fingerprint density at radius 2 is 2.14 bits per heavy atom. The molecule has 1 aromatic heterocycles. The van der Waals surface area contributed by atoms with Crippen LogP contribution in [0.4, 0.5) is 8.78 Å². The summed E-state index contributed by atoms with van der Waals surface area (Å²) in [6, 6.07) is 2.07. The van der Waals surface area contributed by atoms with E-state index in [2.05, 4.69) is 5.32 Å². The maximum atomic E-state index is 12.2. The molecule has 0 atom stereocenters. The molecule has 0 aromatic carbocycles. The second-order valence-corrected chi connectivity index (χ2v) is 7.03. The number of sulfonamides is 1. The van der Waals surface area contributed by atoms with E-state index in [-0.39, 0.29) is 4.90 Å². The quantitative estimate of drug-likeness (QED) is 0.727. The van der Waals surface area contributed by atoms with Crippen molar-refractivity contribution in [2.75, 3.05) is 6.54 Å². The highest BCUT2D eigenvalue weighted by molar-refractivity contribution is 7.89. The number of hydrogen-bond donors (Lipinski definition) is 2. The molecule has 1 aromatic rings. The van der Waals surface area contributed by atoms with E-state index in [1.807, 2.05) is 16.2 Å². The number of nitrogens with zero attached hydrogens (tertiary/aromatic N) is 1. The molecule has 0 aliphatic heterocycles. The molecule has 5 nitrogen and oxygen atoms in total. The van der Waals surface area contributed by atoms with Crippen molar-refractivity contribution in [2.45, 2.75) is 56.6 Å². The Hall–Kier alpha value is -0.990. The van der Waals surface area contributed by atoms with Crippen LogP contribution in [0.1, 0.15) is 31.9 Å². The van der Waals surface area contributed by atoms with Crippen molar-refractivity contribution >= 4 is 10.0 Å². The lowest BCUT2D eigenvalue weighted by molar-refractivity contribution is 0.153. The van der Waals surface area contributed by atoms with Gasteiger partial charge in [0.25, 0.3) is 6.43 Å². The first-order chi connectivity index (χ1) is 9.92. The van der Waals surface area contributed by atoms with Crippen LogP contribution in [-0.4, -0.2) is 32.0 Å². The molecule has 1 aliphatic rings. The average Bonchev–Trinajstić information content (AvgIpc) is 3.16. The molecule has 8 heteroatoms. The molecule has 2 rings (SSSR count). The second-order valence-electron chi connectivity index (χ2n) is 5.26. The normalized spacial score (nSPS) is 15.8. The van der Waals surface area contributed by atoms with Gasteiger partial charge in [-0.05, 0) is 25.3 Å². The lowest BCUT2D eigenvalue weighted by atomic mass is 10.4. The predicted molar refractivity (Wildman–Crippen MR) is 75.8 cm³/mol. The van der Waals surface area contributed by atoms with Gasteiger partial charge in [0.05, 0.1) is 11.4 Å². The molecule has 0 unspecified atom stereocenters. The molecule has 2 N–H and O–H groups in total. The fraction of sp³-hybridized carbons (Fsp3) is 0.692. The van der Waals surface area contributed by atoms with E-state index in [4.69, 9.17) is 0 Å². The summed E-state index contributed by atoms with van der Waals surface area (Å²) in [7, 11) is -3.88. The van der Waals surface area contributed by atoms with Gasteiger partial charge in [-0.15, -0.1) is 0 Å². The topological polar surface area (TPSA) is 63.1 Å². The van der Waals surface area contributed by atoms with Gasteiger partial charge in [0.2, 0.25) is 10.0 Å². The van der Waals surface area contributed by atoms with Crippen LogP contribution < -0.4 is 10.0 Å². The average molecular weight is 321 g/mol. The first-order valence-electron chi connectivity index (χ1n) is 7.12. The number of alkyl halides is 2. The summed E-state index contributed by atoms with van der Waals surface area (Å²) in [6.45, 7) is 2.43. The Bertz CT molecular complexity index is 568. The van der Waals surface area contributed by atoms with Crippen LogP contribution >= 0.6 is 0 Å². The van der Waals surface area contributed by atoms with Crippen molar-refractivity contribution in [3.63, 3.8) is 0 Å². The van der Waals surface area contributed by atoms with Crippen LogP contribution in [0.5, 0.6) is 0 Å². The Kier molecular flexibility index (Phi) is 5.34. The zero-order chi connectivity index (χ0) is 15.5. The molecular formula is C13H21F2N3O2S. The Morgan fingerprint density at radius 3 is 2.71 bits per heavy atom. The smallest absolute Gasteiger partial charge is 0.251 e. The molecule has 1 aliphatic carbocycles. The minimum atomic E-state index is -3.88. The molecule has 120 valence electrons. The maximum Gasteiger partial charge on any atom is 0.251 e. The SMILES string of the molecule is CCCn1cc(S(=O)(=O)NCC(F)F)cc1CNC1CC1. The molecule has 1 saturated carbocycles. The highest BCUT2D eigenvalue weighted by Gasteiger charge is 2.23. The molecular weight excluding hydrogens is 300 g/mol. The molecule has 0 amide bonds. The third-order valence-corrected chi connectivity index (χ3v) is 4.70. The van der Waals surface area contributed by atoms with Gasteiger partial charge in [0, 0.05) is 31.0 Å². The van der Waals surface area contributed by atoms with E-state index in [0.717, 1.165) is 25.0 Å². The minimum absolute atomic E-state index is 0.0456. The standard InChI is InChI=1S/C13H21F2N3O2S/c1-2-5-18-9-12(21(19,20)17-8-13(14)15)6-11(18)7-16-10-3-4-10/h6,9-10,13,16-17H,2-5,7-8H2,1H3. The Balaban J connectivity index is 2.12. The molecule has 0 spiro atoms. The summed E-state index contributed by atoms with van der Waals surface area (Å²) in [5.41, 5.74) is 0.862. The summed E-state index contributed by atoms with van der Waals surface area (Å²) in [6.07, 6.45) is 1.98. The molecule has 21 heavy (non-hydrogen) atoms. The molecule has 1 fully saturated rings. The lowest BCUT2D eigenvalue weighted by Gasteiger charge is -2.07. The van der Waals surface area contributed by atoms with Crippen LogP contribution in [0, 0.1) is 0 Å². The highest BCUT2D eigenvalue weighted by Crippen LogP contribution is 2.21. The zero-order valence-corrected chi connectivity index (χ0v) is 12.8. The van der Waals surface area contributed by atoms with Gasteiger partial charge < -0.3 is 9.88 Å². The number of aryl methyl sites for hydroxylation is 1. The summed E-state index contributed by atoms with van der Waals surface area (Å²) >= 11 is 0. The van der Waals surface area contributed by atoms with Crippen molar-refractivity contribution in [1.29, 1.82) is 0 Å². The summed E-state index contributed by atoms with van der Waals surface area (Å²) < 4.78 is 52.1. The van der Waals surface area contributed by atoms with Gasteiger partial charge in [-0.25, -0.2) is 21.9 Å². The van der Waals surface area contributed by atoms with Crippen LogP contribution in [0.15, 0.2) is 17.2 Å². The number of nitrogens with one attached hydrogen (secondary N) is 2. The Labute approximate surface area is 123 Å². The van der Waals surface area contributed by atoms with Gasteiger partial charge in [-0.3, -0.25) is 0 Å². The fourth-order valence-electron chi connectivity index (χ4n) is 2.06. The summed E-state index contributed by atoms with van der Waals surface area (Å²) in [5, 5.41) is 3.33. The first-order valence-corrected chi connectivity index (χ1v) is 8.61. The van der Waals surface area contributed by atoms with Crippen LogP contribution in [-0.2, 0) is 23.1 Å². The van der Waals surface area contributed by atoms with Crippen molar-refractivity contribution < 1.29 is 17.2 Å². The number of aromatic nitrogens is 1. The van der Waals surface area contributed by atoms with Gasteiger partial charge in [-0.2, -0.15) is 0 Å². The molecule has 1 heterocycles. The highest BCUT2D eigenvalue weighted by atomic mass is 32.2. The van der Waals surface area contributed by atoms with Gasteiger partial charge >= 0.3 is 0 Å². The number of rotatable bonds is 9. The van der Waals surface area contributed by atoms with Gasteiger partial charge in [-0.1, -0.05) is 6.92 Å². The van der Waals surface area contributed by atoms with Crippen LogP contribution in [0.3, 0.4) is 0 Å². The van der Waals surface area contributed by atoms with E-state index in [0.29, 0.717) is 19.1 Å². The lowest BCUT2D eigenvalue weighted by Crippen LogP contribution is -2.28. The zero-order valence-electron chi connectivity index (χ0n) is 12.0. The second kappa shape index (κ2) is 6.85. The minimum Gasteiger partial charge on any atom is -0.349 e. The van der Waals surface area contributed by atoms with E-state index < -0.39 is 23.0 Å². The van der Waals surface area contributed by atoms with E-state index >= 15 is 0 Å². The number of halogens is 2. The van der Waals surface area contributed by atoms with Crippen molar-refractivity contribution in [2.24, 2.45) is 0 Å². The molecule has 0 saturated heterocycles. The van der Waals surface area contributed by atoms with Crippen molar-refractivity contribution in [3.05, 3.63) is 18.0 Å².